The molecule has 1 N–H and O–H groups in total. The second-order valence-corrected chi connectivity index (χ2v) is 8.21. The lowest BCUT2D eigenvalue weighted by Gasteiger charge is -2.18. The Kier molecular flexibility index (Phi) is 4.89. The molecular formula is C12H17Br2NS. The summed E-state index contributed by atoms with van der Waals surface area (Å²) in [6, 6.07) is 2.79. The second-order valence-electron chi connectivity index (χ2n) is 4.47. The quantitative estimate of drug-likeness (QED) is 0.737. The molecule has 0 spiro atoms. The Morgan fingerprint density at radius 1 is 1.50 bits per heavy atom. The lowest BCUT2D eigenvalue weighted by Crippen LogP contribution is -2.22. The van der Waals surface area contributed by atoms with Gasteiger partial charge in [-0.05, 0) is 68.8 Å². The second kappa shape index (κ2) is 5.98. The van der Waals surface area contributed by atoms with E-state index in [0.717, 1.165) is 12.5 Å². The largest absolute Gasteiger partial charge is 0.310 e. The fraction of sp³-hybridized carbons (Fsp3) is 0.667. The Morgan fingerprint density at radius 3 is 2.75 bits per heavy atom. The van der Waals surface area contributed by atoms with Crippen molar-refractivity contribution in [3.63, 3.8) is 0 Å². The van der Waals surface area contributed by atoms with Crippen molar-refractivity contribution >= 4 is 43.2 Å². The maximum Gasteiger partial charge on any atom is 0.0758 e. The van der Waals surface area contributed by atoms with Crippen molar-refractivity contribution < 1.29 is 0 Å². The molecule has 1 aromatic rings. The van der Waals surface area contributed by atoms with E-state index in [2.05, 4.69) is 50.2 Å². The SMILES string of the molecule is CCCNC(CC1CC1)c1cc(Br)sc1Br. The minimum absolute atomic E-state index is 0.532. The van der Waals surface area contributed by atoms with Crippen molar-refractivity contribution in [2.75, 3.05) is 6.54 Å². The molecule has 1 nitrogen and oxygen atoms in total. The van der Waals surface area contributed by atoms with Crippen molar-refractivity contribution in [1.29, 1.82) is 0 Å². The Morgan fingerprint density at radius 2 is 2.25 bits per heavy atom. The maximum absolute atomic E-state index is 3.67. The van der Waals surface area contributed by atoms with Crippen LogP contribution >= 0.6 is 43.2 Å². The first-order valence-electron chi connectivity index (χ1n) is 5.88. The van der Waals surface area contributed by atoms with Crippen LogP contribution in [0.2, 0.25) is 0 Å². The van der Waals surface area contributed by atoms with E-state index in [-0.39, 0.29) is 0 Å². The van der Waals surface area contributed by atoms with Gasteiger partial charge in [-0.25, -0.2) is 0 Å². The predicted molar refractivity (Wildman–Crippen MR) is 78.1 cm³/mol. The van der Waals surface area contributed by atoms with E-state index in [0.29, 0.717) is 6.04 Å². The standard InChI is InChI=1S/C12H17Br2NS/c1-2-5-15-10(6-8-3-4-8)9-7-11(13)16-12(9)14/h7-8,10,15H,2-6H2,1H3. The van der Waals surface area contributed by atoms with Crippen LogP contribution in [0.5, 0.6) is 0 Å². The van der Waals surface area contributed by atoms with Gasteiger partial charge < -0.3 is 5.32 Å². The summed E-state index contributed by atoms with van der Waals surface area (Å²) in [5.41, 5.74) is 1.43. The van der Waals surface area contributed by atoms with Crippen LogP contribution in [0, 0.1) is 5.92 Å². The van der Waals surface area contributed by atoms with Crippen LogP contribution in [-0.4, -0.2) is 6.54 Å². The number of rotatable bonds is 6. The van der Waals surface area contributed by atoms with Gasteiger partial charge in [0.25, 0.3) is 0 Å². The highest BCUT2D eigenvalue weighted by molar-refractivity contribution is 9.12. The van der Waals surface area contributed by atoms with Crippen molar-refractivity contribution in [3.8, 4) is 0 Å². The molecule has 1 heterocycles. The minimum atomic E-state index is 0.532. The van der Waals surface area contributed by atoms with Gasteiger partial charge in [-0.15, -0.1) is 11.3 Å². The van der Waals surface area contributed by atoms with Crippen LogP contribution in [0.1, 0.15) is 44.2 Å². The normalized spacial score (nSPS) is 17.7. The highest BCUT2D eigenvalue weighted by atomic mass is 79.9. The number of thiophene rings is 1. The molecule has 2 rings (SSSR count). The van der Waals surface area contributed by atoms with Crippen molar-refractivity contribution in [2.45, 2.75) is 38.6 Å². The van der Waals surface area contributed by atoms with E-state index < -0.39 is 0 Å². The van der Waals surface area contributed by atoms with Crippen LogP contribution < -0.4 is 5.32 Å². The molecule has 1 saturated carbocycles. The molecule has 0 radical (unpaired) electrons. The number of hydrogen-bond acceptors (Lipinski definition) is 2. The summed E-state index contributed by atoms with van der Waals surface area (Å²) < 4.78 is 2.49. The fourth-order valence-electron chi connectivity index (χ4n) is 1.92. The van der Waals surface area contributed by atoms with Gasteiger partial charge in [-0.3, -0.25) is 0 Å². The Bertz CT molecular complexity index is 347. The Balaban J connectivity index is 2.06. The molecule has 1 aliphatic carbocycles. The van der Waals surface area contributed by atoms with Crippen LogP contribution in [0.4, 0.5) is 0 Å². The number of halogens is 2. The van der Waals surface area contributed by atoms with E-state index in [1.807, 2.05) is 0 Å². The summed E-state index contributed by atoms with van der Waals surface area (Å²) in [4.78, 5) is 0. The topological polar surface area (TPSA) is 12.0 Å². The third-order valence-corrected chi connectivity index (χ3v) is 5.35. The molecule has 1 fully saturated rings. The zero-order valence-electron chi connectivity index (χ0n) is 9.43. The van der Waals surface area contributed by atoms with Crippen molar-refractivity contribution in [1.82, 2.24) is 5.32 Å². The first kappa shape index (κ1) is 13.1. The molecule has 1 atom stereocenters. The molecule has 4 heteroatoms. The predicted octanol–water partition coefficient (Wildman–Crippen LogP) is 5.11. The van der Waals surface area contributed by atoms with Gasteiger partial charge >= 0.3 is 0 Å². The van der Waals surface area contributed by atoms with Crippen LogP contribution in [-0.2, 0) is 0 Å². The average Bonchev–Trinajstić information content (AvgIpc) is 2.99. The zero-order chi connectivity index (χ0) is 11.5. The summed E-state index contributed by atoms with van der Waals surface area (Å²) in [5, 5.41) is 3.67. The molecule has 16 heavy (non-hydrogen) atoms. The highest BCUT2D eigenvalue weighted by Crippen LogP contribution is 2.42. The third-order valence-electron chi connectivity index (χ3n) is 2.97. The molecule has 1 aliphatic rings. The van der Waals surface area contributed by atoms with Crippen LogP contribution in [0.25, 0.3) is 0 Å². The number of nitrogens with one attached hydrogen (secondary N) is 1. The van der Waals surface area contributed by atoms with Gasteiger partial charge in [0.05, 0.1) is 7.57 Å². The van der Waals surface area contributed by atoms with E-state index in [4.69, 9.17) is 0 Å². The highest BCUT2D eigenvalue weighted by Gasteiger charge is 2.27. The van der Waals surface area contributed by atoms with Gasteiger partial charge in [-0.2, -0.15) is 0 Å². The summed E-state index contributed by atoms with van der Waals surface area (Å²) in [6.45, 7) is 3.33. The van der Waals surface area contributed by atoms with E-state index in [9.17, 15) is 0 Å². The molecule has 0 bridgehead atoms. The number of hydrogen-bond donors (Lipinski definition) is 1. The van der Waals surface area contributed by atoms with E-state index >= 15 is 0 Å². The molecular weight excluding hydrogens is 350 g/mol. The molecule has 0 saturated heterocycles. The zero-order valence-corrected chi connectivity index (χ0v) is 13.4. The van der Waals surface area contributed by atoms with Crippen LogP contribution in [0.3, 0.4) is 0 Å². The maximum atomic E-state index is 3.67. The van der Waals surface area contributed by atoms with Gasteiger partial charge in [0.2, 0.25) is 0 Å². The smallest absolute Gasteiger partial charge is 0.0758 e. The fourth-order valence-corrected chi connectivity index (χ4v) is 4.89. The first-order valence-corrected chi connectivity index (χ1v) is 8.29. The van der Waals surface area contributed by atoms with Gasteiger partial charge in [0, 0.05) is 6.04 Å². The van der Waals surface area contributed by atoms with Crippen molar-refractivity contribution in [3.05, 3.63) is 19.2 Å². The average molecular weight is 367 g/mol. The summed E-state index contributed by atoms with van der Waals surface area (Å²) >= 11 is 9.00. The van der Waals surface area contributed by atoms with Gasteiger partial charge in [-0.1, -0.05) is 19.8 Å². The van der Waals surface area contributed by atoms with Crippen LogP contribution in [0.15, 0.2) is 13.6 Å². The lowest BCUT2D eigenvalue weighted by atomic mass is 10.0. The summed E-state index contributed by atoms with van der Waals surface area (Å²) in [5.74, 6) is 0.958. The van der Waals surface area contributed by atoms with E-state index in [1.54, 1.807) is 11.3 Å². The molecule has 1 unspecified atom stereocenters. The molecule has 1 aromatic heterocycles. The molecule has 0 aromatic carbocycles. The van der Waals surface area contributed by atoms with Crippen molar-refractivity contribution in [2.24, 2.45) is 5.92 Å². The Labute approximate surface area is 118 Å². The van der Waals surface area contributed by atoms with E-state index in [1.165, 1.54) is 38.8 Å². The monoisotopic (exact) mass is 365 g/mol. The third kappa shape index (κ3) is 3.56. The Hall–Kier alpha value is 0.620. The van der Waals surface area contributed by atoms with Gasteiger partial charge in [0.15, 0.2) is 0 Å². The molecule has 90 valence electrons. The summed E-state index contributed by atoms with van der Waals surface area (Å²) in [7, 11) is 0. The van der Waals surface area contributed by atoms with Gasteiger partial charge in [0.1, 0.15) is 0 Å². The molecule has 0 amide bonds. The molecule has 0 aliphatic heterocycles. The lowest BCUT2D eigenvalue weighted by molar-refractivity contribution is 0.474. The summed E-state index contributed by atoms with van der Waals surface area (Å²) in [6.07, 6.45) is 5.34. The minimum Gasteiger partial charge on any atom is -0.310 e. The first-order chi connectivity index (χ1) is 7.70.